The van der Waals surface area contributed by atoms with Crippen LogP contribution in [0.2, 0.25) is 0 Å². The van der Waals surface area contributed by atoms with Crippen LogP contribution in [0, 0.1) is 50.7 Å². The molecule has 0 saturated heterocycles. The number of esters is 1. The molecule has 5 aliphatic carbocycles. The molecule has 0 aromatic rings. The van der Waals surface area contributed by atoms with Crippen LogP contribution in [0.4, 0.5) is 0 Å². The van der Waals surface area contributed by atoms with Gasteiger partial charge in [-0.25, -0.2) is 0 Å². The van der Waals surface area contributed by atoms with Crippen molar-refractivity contribution >= 4 is 11.9 Å². The minimum atomic E-state index is -1.08. The summed E-state index contributed by atoms with van der Waals surface area (Å²) in [4.78, 5) is 24.7. The van der Waals surface area contributed by atoms with Crippen LogP contribution in [0.5, 0.6) is 0 Å². The van der Waals surface area contributed by atoms with Gasteiger partial charge in [-0.3, -0.25) is 9.59 Å². The number of aliphatic carboxylic acids is 1. The molecule has 36 heavy (non-hydrogen) atoms. The first-order valence-electron chi connectivity index (χ1n) is 14.5. The summed E-state index contributed by atoms with van der Waals surface area (Å²) in [6.45, 7) is 18.1. The molecule has 4 fully saturated rings. The number of carbonyl (C=O) groups excluding carboxylic acids is 1. The average Bonchev–Trinajstić information content (AvgIpc) is 2.79. The Kier molecular flexibility index (Phi) is 5.76. The van der Waals surface area contributed by atoms with E-state index in [1.807, 2.05) is 6.92 Å². The molecular formula is C32H48O4. The Morgan fingerprint density at radius 2 is 1.58 bits per heavy atom. The molecular weight excluding hydrogens is 448 g/mol. The maximum Gasteiger partial charge on any atom is 0.313 e. The number of carbonyl (C=O) groups is 2. The quantitative estimate of drug-likeness (QED) is 0.400. The van der Waals surface area contributed by atoms with Gasteiger partial charge in [0, 0.05) is 6.92 Å². The third-order valence-electron chi connectivity index (χ3n) is 13.2. The fourth-order valence-corrected chi connectivity index (χ4v) is 10.5. The Hall–Kier alpha value is -1.58. The van der Waals surface area contributed by atoms with Crippen LogP contribution in [-0.2, 0) is 14.3 Å². The zero-order chi connectivity index (χ0) is 26.5. The van der Waals surface area contributed by atoms with E-state index >= 15 is 0 Å². The van der Waals surface area contributed by atoms with Gasteiger partial charge < -0.3 is 9.84 Å². The van der Waals surface area contributed by atoms with Gasteiger partial charge in [-0.05, 0) is 104 Å². The van der Waals surface area contributed by atoms with E-state index in [1.54, 1.807) is 5.57 Å². The predicted octanol–water partition coefficient (Wildman–Crippen LogP) is 7.58. The maximum atomic E-state index is 12.8. The number of carboxylic acids is 1. The second-order valence-corrected chi connectivity index (χ2v) is 14.6. The number of rotatable bonds is 2. The van der Waals surface area contributed by atoms with Crippen molar-refractivity contribution in [2.24, 2.45) is 50.7 Å². The summed E-state index contributed by atoms with van der Waals surface area (Å²) in [6.07, 6.45) is 12.9. The molecule has 10 atom stereocenters. The average molecular weight is 497 g/mol. The summed E-state index contributed by atoms with van der Waals surface area (Å²) in [5, 5.41) is 10.5. The summed E-state index contributed by atoms with van der Waals surface area (Å²) in [5.74, 6) is 0.811. The van der Waals surface area contributed by atoms with E-state index < -0.39 is 17.5 Å². The Bertz CT molecular complexity index is 1040. The number of allylic oxidation sites excluding steroid dienone is 4. The fourth-order valence-electron chi connectivity index (χ4n) is 10.5. The molecule has 5 aliphatic rings. The van der Waals surface area contributed by atoms with Crippen LogP contribution in [0.15, 0.2) is 23.3 Å². The lowest BCUT2D eigenvalue weighted by atomic mass is 9.35. The lowest BCUT2D eigenvalue weighted by molar-refractivity contribution is -0.192. The van der Waals surface area contributed by atoms with Gasteiger partial charge in [0.1, 0.15) is 11.5 Å². The monoisotopic (exact) mass is 496 g/mol. The lowest BCUT2D eigenvalue weighted by Gasteiger charge is -2.68. The third kappa shape index (κ3) is 3.11. The summed E-state index contributed by atoms with van der Waals surface area (Å²) in [6, 6.07) is 0. The van der Waals surface area contributed by atoms with Gasteiger partial charge in [0.25, 0.3) is 0 Å². The SMILES string of the molecule is CC(=O)O[C@@H]1CC[C@]2(C)C3=CC=C4C5[C@@H](C)[C@H](C)CC[C@]5(C)CC[C@@]4(C)[C@]3(C)CCC2[C@@]1(C)C(=O)O. The Morgan fingerprint density at radius 3 is 2.22 bits per heavy atom. The van der Waals surface area contributed by atoms with E-state index in [0.717, 1.165) is 25.2 Å². The van der Waals surface area contributed by atoms with Gasteiger partial charge in [0.15, 0.2) is 0 Å². The normalized spacial score (nSPS) is 51.9. The second-order valence-electron chi connectivity index (χ2n) is 14.6. The molecule has 2 unspecified atom stereocenters. The molecule has 0 spiro atoms. The van der Waals surface area contributed by atoms with E-state index in [1.165, 1.54) is 38.2 Å². The molecule has 200 valence electrons. The van der Waals surface area contributed by atoms with Crippen molar-refractivity contribution in [1.82, 2.24) is 0 Å². The molecule has 0 bridgehead atoms. The summed E-state index contributed by atoms with van der Waals surface area (Å²) >= 11 is 0. The first-order valence-corrected chi connectivity index (χ1v) is 14.5. The van der Waals surface area contributed by atoms with Gasteiger partial charge in [0.05, 0.1) is 0 Å². The number of ether oxygens (including phenoxy) is 1. The van der Waals surface area contributed by atoms with Crippen molar-refractivity contribution in [2.45, 2.75) is 113 Å². The molecule has 0 radical (unpaired) electrons. The topological polar surface area (TPSA) is 63.6 Å². The van der Waals surface area contributed by atoms with Crippen molar-refractivity contribution < 1.29 is 19.4 Å². The Morgan fingerprint density at radius 1 is 0.889 bits per heavy atom. The van der Waals surface area contributed by atoms with Crippen molar-refractivity contribution in [1.29, 1.82) is 0 Å². The van der Waals surface area contributed by atoms with E-state index in [9.17, 15) is 14.7 Å². The number of fused-ring (bicyclic) bond motifs is 7. The van der Waals surface area contributed by atoms with E-state index in [-0.39, 0.29) is 28.1 Å². The van der Waals surface area contributed by atoms with E-state index in [2.05, 4.69) is 53.7 Å². The van der Waals surface area contributed by atoms with Crippen LogP contribution in [0.25, 0.3) is 0 Å². The van der Waals surface area contributed by atoms with Crippen molar-refractivity contribution in [3.63, 3.8) is 0 Å². The molecule has 0 amide bonds. The van der Waals surface area contributed by atoms with Gasteiger partial charge in [0.2, 0.25) is 0 Å². The van der Waals surface area contributed by atoms with Crippen molar-refractivity contribution in [2.75, 3.05) is 0 Å². The van der Waals surface area contributed by atoms with Crippen molar-refractivity contribution in [3.05, 3.63) is 23.3 Å². The van der Waals surface area contributed by atoms with Crippen LogP contribution in [0.1, 0.15) is 107 Å². The number of hydrogen-bond acceptors (Lipinski definition) is 3. The minimum Gasteiger partial charge on any atom is -0.481 e. The molecule has 0 aromatic heterocycles. The summed E-state index contributed by atoms with van der Waals surface area (Å²) in [7, 11) is 0. The molecule has 0 aromatic carbocycles. The van der Waals surface area contributed by atoms with Crippen LogP contribution in [-0.4, -0.2) is 23.1 Å². The maximum absolute atomic E-state index is 12.8. The minimum absolute atomic E-state index is 0.0255. The largest absolute Gasteiger partial charge is 0.481 e. The zero-order valence-electron chi connectivity index (χ0n) is 23.9. The van der Waals surface area contributed by atoms with E-state index in [0.29, 0.717) is 23.7 Å². The van der Waals surface area contributed by atoms with Crippen LogP contribution < -0.4 is 0 Å². The summed E-state index contributed by atoms with van der Waals surface area (Å²) in [5.41, 5.74) is 2.37. The van der Waals surface area contributed by atoms with Gasteiger partial charge in [-0.15, -0.1) is 0 Å². The summed E-state index contributed by atoms with van der Waals surface area (Å²) < 4.78 is 5.67. The highest BCUT2D eigenvalue weighted by Crippen LogP contribution is 2.74. The van der Waals surface area contributed by atoms with Crippen LogP contribution >= 0.6 is 0 Å². The Balaban J connectivity index is 1.62. The predicted molar refractivity (Wildman–Crippen MR) is 142 cm³/mol. The number of hydrogen-bond donors (Lipinski definition) is 1. The molecule has 5 rings (SSSR count). The molecule has 0 aliphatic heterocycles. The molecule has 4 saturated carbocycles. The molecule has 4 heteroatoms. The highest BCUT2D eigenvalue weighted by Gasteiger charge is 2.68. The van der Waals surface area contributed by atoms with Crippen molar-refractivity contribution in [3.8, 4) is 0 Å². The van der Waals surface area contributed by atoms with Crippen LogP contribution in [0.3, 0.4) is 0 Å². The Labute approximate surface area is 218 Å². The third-order valence-corrected chi connectivity index (χ3v) is 13.2. The first kappa shape index (κ1) is 26.0. The fraction of sp³-hybridized carbons (Fsp3) is 0.812. The smallest absolute Gasteiger partial charge is 0.313 e. The lowest BCUT2D eigenvalue weighted by Crippen LogP contribution is -2.63. The standard InChI is InChI=1S/C32H48O4/c1-19-11-14-28(4)17-18-30(6)22(26(28)20(19)2)9-10-23-29(5)15-13-25(36-21(3)33)32(8,27(34)35)24(29)12-16-31(23,30)7/h9-10,19-20,24-26H,11-18H2,1-8H3,(H,34,35)/t19-,20+,24?,25-,26?,28-,29-,30-,31-,32-/m1/s1. The highest BCUT2D eigenvalue weighted by atomic mass is 16.5. The highest BCUT2D eigenvalue weighted by molar-refractivity contribution is 5.77. The molecule has 0 heterocycles. The van der Waals surface area contributed by atoms with Gasteiger partial charge in [-0.1, -0.05) is 64.8 Å². The second kappa shape index (κ2) is 7.96. The van der Waals surface area contributed by atoms with Gasteiger partial charge >= 0.3 is 11.9 Å². The number of carboxylic acid groups (broad SMARTS) is 1. The van der Waals surface area contributed by atoms with E-state index in [4.69, 9.17) is 4.74 Å². The molecule has 4 nitrogen and oxygen atoms in total. The van der Waals surface area contributed by atoms with Gasteiger partial charge in [-0.2, -0.15) is 0 Å². The zero-order valence-corrected chi connectivity index (χ0v) is 23.9. The molecule has 1 N–H and O–H groups in total. The first-order chi connectivity index (χ1) is 16.6.